The summed E-state index contributed by atoms with van der Waals surface area (Å²) in [6.07, 6.45) is -5.00. The molecule has 0 amide bonds. The van der Waals surface area contributed by atoms with Crippen molar-refractivity contribution in [3.05, 3.63) is 42.2 Å². The number of nitrogens with one attached hydrogen (secondary N) is 1. The highest BCUT2D eigenvalue weighted by Crippen LogP contribution is 2.66. The number of aromatic nitrogens is 4. The van der Waals surface area contributed by atoms with Crippen LogP contribution in [-0.4, -0.2) is 74.2 Å². The van der Waals surface area contributed by atoms with Gasteiger partial charge in [-0.1, -0.05) is 30.3 Å². The van der Waals surface area contributed by atoms with Crippen molar-refractivity contribution >= 4 is 46.4 Å². The van der Waals surface area contributed by atoms with Crippen LogP contribution < -0.4 is 11.1 Å². The number of nitrogens with zero attached hydrogens (tertiary/aromatic N) is 4. The van der Waals surface area contributed by atoms with Crippen molar-refractivity contribution < 1.29 is 61.4 Å². The number of phosphoric acid groups is 3. The summed E-state index contributed by atoms with van der Waals surface area (Å²) in [5.41, 5.74) is 7.20. The highest BCUT2D eigenvalue weighted by atomic mass is 31.3. The van der Waals surface area contributed by atoms with Gasteiger partial charge in [-0.3, -0.25) is 9.09 Å². The molecule has 6 unspecified atom stereocenters. The Morgan fingerprint density at radius 1 is 1.00 bits per heavy atom. The summed E-state index contributed by atoms with van der Waals surface area (Å²) in [7, 11) is -16.8. The topological polar surface area (TPSA) is 291 Å². The van der Waals surface area contributed by atoms with Crippen molar-refractivity contribution in [1.29, 1.82) is 0 Å². The van der Waals surface area contributed by atoms with Gasteiger partial charge in [0.2, 0.25) is 5.95 Å². The molecule has 0 saturated carbocycles. The summed E-state index contributed by atoms with van der Waals surface area (Å²) in [4.78, 5) is 48.6. The predicted octanol–water partition coefficient (Wildman–Crippen LogP) is -0.0169. The zero-order valence-corrected chi connectivity index (χ0v) is 22.1. The number of phosphoric ester groups is 1. The molecular formula is C17H23N6O13P3. The molecular weight excluding hydrogens is 589 g/mol. The normalized spacial score (nSPS) is 24.9. The van der Waals surface area contributed by atoms with E-state index in [0.717, 1.165) is 5.56 Å². The van der Waals surface area contributed by atoms with E-state index in [2.05, 4.69) is 33.4 Å². The van der Waals surface area contributed by atoms with E-state index in [4.69, 9.17) is 20.3 Å². The van der Waals surface area contributed by atoms with Crippen molar-refractivity contribution in [2.24, 2.45) is 0 Å². The summed E-state index contributed by atoms with van der Waals surface area (Å²) in [6, 6.07) is 9.34. The zero-order valence-electron chi connectivity index (χ0n) is 19.4. The van der Waals surface area contributed by atoms with Crippen molar-refractivity contribution in [2.45, 2.75) is 31.1 Å². The van der Waals surface area contributed by atoms with Crippen LogP contribution in [0.25, 0.3) is 11.2 Å². The zero-order chi connectivity index (χ0) is 28.6. The van der Waals surface area contributed by atoms with Crippen LogP contribution in [0, 0.1) is 0 Å². The molecule has 1 fully saturated rings. The molecule has 3 heterocycles. The number of nitrogen functional groups attached to an aromatic ring is 1. The van der Waals surface area contributed by atoms with E-state index in [-0.39, 0.29) is 22.9 Å². The highest BCUT2D eigenvalue weighted by molar-refractivity contribution is 7.66. The lowest BCUT2D eigenvalue weighted by Gasteiger charge is -2.19. The fourth-order valence-corrected chi connectivity index (χ4v) is 6.58. The van der Waals surface area contributed by atoms with Gasteiger partial charge < -0.3 is 45.6 Å². The Morgan fingerprint density at radius 3 is 2.36 bits per heavy atom. The number of anilines is 2. The summed E-state index contributed by atoms with van der Waals surface area (Å²) >= 11 is 0. The van der Waals surface area contributed by atoms with E-state index in [1.54, 1.807) is 0 Å². The fraction of sp³-hybridized carbons (Fsp3) is 0.353. The fourth-order valence-electron chi connectivity index (χ4n) is 3.55. The lowest BCUT2D eigenvalue weighted by atomic mass is 10.1. The first-order chi connectivity index (χ1) is 18.1. The number of benzene rings is 1. The summed E-state index contributed by atoms with van der Waals surface area (Å²) in [5, 5.41) is 24.0. The first-order valence-electron chi connectivity index (χ1n) is 10.7. The molecule has 39 heavy (non-hydrogen) atoms. The second kappa shape index (κ2) is 11.3. The van der Waals surface area contributed by atoms with E-state index < -0.39 is 54.6 Å². The third kappa shape index (κ3) is 7.45. The number of nitrogens with two attached hydrogens (primary N) is 1. The largest absolute Gasteiger partial charge is 0.490 e. The molecule has 9 N–H and O–H groups in total. The maximum atomic E-state index is 12.0. The maximum absolute atomic E-state index is 12.0. The molecule has 1 aromatic carbocycles. The molecule has 0 spiro atoms. The molecule has 1 aliphatic rings. The van der Waals surface area contributed by atoms with Crippen molar-refractivity contribution in [3.63, 3.8) is 0 Å². The van der Waals surface area contributed by atoms with E-state index in [0.29, 0.717) is 6.54 Å². The summed E-state index contributed by atoms with van der Waals surface area (Å²) in [5.74, 6) is 0.134. The maximum Gasteiger partial charge on any atom is 0.490 e. The van der Waals surface area contributed by atoms with E-state index in [1.165, 1.54) is 10.9 Å². The van der Waals surface area contributed by atoms with Gasteiger partial charge in [0.25, 0.3) is 0 Å². The molecule has 22 heteroatoms. The molecule has 0 bridgehead atoms. The van der Waals surface area contributed by atoms with Crippen molar-refractivity contribution in [3.8, 4) is 0 Å². The Balaban J connectivity index is 1.47. The number of ether oxygens (including phenoxy) is 1. The quantitative estimate of drug-likeness (QED) is 0.132. The average Bonchev–Trinajstić information content (AvgIpc) is 3.36. The number of imidazole rings is 1. The number of hydrogen-bond donors (Lipinski definition) is 8. The molecule has 0 radical (unpaired) electrons. The minimum absolute atomic E-state index is 0.00607. The van der Waals surface area contributed by atoms with Crippen molar-refractivity contribution in [1.82, 2.24) is 19.5 Å². The molecule has 19 nitrogen and oxygen atoms in total. The lowest BCUT2D eigenvalue weighted by molar-refractivity contribution is -0.0503. The Kier molecular flexibility index (Phi) is 8.56. The third-order valence-electron chi connectivity index (χ3n) is 5.17. The monoisotopic (exact) mass is 612 g/mol. The molecule has 6 atom stereocenters. The van der Waals surface area contributed by atoms with Crippen LogP contribution in [0.4, 0.5) is 11.8 Å². The Morgan fingerprint density at radius 2 is 1.69 bits per heavy atom. The van der Waals surface area contributed by atoms with Gasteiger partial charge in [0, 0.05) is 6.54 Å². The van der Waals surface area contributed by atoms with Crippen LogP contribution in [0.3, 0.4) is 0 Å². The second-order valence-corrected chi connectivity index (χ2v) is 12.4. The van der Waals surface area contributed by atoms with Crippen molar-refractivity contribution in [2.75, 3.05) is 17.7 Å². The minimum Gasteiger partial charge on any atom is -0.387 e. The van der Waals surface area contributed by atoms with Gasteiger partial charge in [-0.05, 0) is 5.56 Å². The number of aliphatic hydroxyl groups is 2. The van der Waals surface area contributed by atoms with Crippen LogP contribution >= 0.6 is 23.5 Å². The first-order valence-corrected chi connectivity index (χ1v) is 15.2. The Hall–Kier alpha value is -2.34. The third-order valence-corrected chi connectivity index (χ3v) is 8.97. The van der Waals surface area contributed by atoms with E-state index in [9.17, 15) is 33.7 Å². The number of fused-ring (bicyclic) bond motifs is 1. The standard InChI is InChI=1S/C17H23N6O13P3/c18-14-11-15(22-17(21-14)19-6-9-4-2-1-3-5-9)23(8-20-11)16-13(25)12(24)10(34-16)7-33-38(29,30)36-39(31,32)35-37(26,27)28/h1-5,8,10,12-13,16,24-25H,6-7H2,(H,29,30)(H,31,32)(H2,26,27,28)(H3,18,19,21,22). The van der Waals surface area contributed by atoms with Crippen LogP contribution in [-0.2, 0) is 38.1 Å². The summed E-state index contributed by atoms with van der Waals surface area (Å²) < 4.78 is 52.7. The van der Waals surface area contributed by atoms with Gasteiger partial charge in [0.15, 0.2) is 17.7 Å². The SMILES string of the molecule is Nc1nc(NCc2ccccc2)nc2c1ncn2C1OC(COP(=O)(O)OP(=O)(O)OP(=O)(O)O)C(O)C1O. The molecule has 214 valence electrons. The van der Waals surface area contributed by atoms with Gasteiger partial charge in [-0.15, -0.1) is 0 Å². The van der Waals surface area contributed by atoms with Gasteiger partial charge >= 0.3 is 23.5 Å². The van der Waals surface area contributed by atoms with E-state index in [1.807, 2.05) is 30.3 Å². The van der Waals surface area contributed by atoms with Gasteiger partial charge in [0.1, 0.15) is 23.8 Å². The number of aliphatic hydroxyl groups excluding tert-OH is 2. The summed E-state index contributed by atoms with van der Waals surface area (Å²) in [6.45, 7) is -0.615. The van der Waals surface area contributed by atoms with Crippen LogP contribution in [0.15, 0.2) is 36.7 Å². The first kappa shape index (κ1) is 29.6. The lowest BCUT2D eigenvalue weighted by Crippen LogP contribution is -2.33. The Bertz CT molecular complexity index is 1470. The molecule has 1 saturated heterocycles. The van der Waals surface area contributed by atoms with Gasteiger partial charge in [-0.2, -0.15) is 18.6 Å². The molecule has 1 aliphatic heterocycles. The molecule has 0 aliphatic carbocycles. The molecule has 4 rings (SSSR count). The van der Waals surface area contributed by atoms with Crippen LogP contribution in [0.5, 0.6) is 0 Å². The average molecular weight is 612 g/mol. The molecule has 3 aromatic rings. The number of rotatable bonds is 11. The number of hydrogen-bond acceptors (Lipinski definition) is 14. The van der Waals surface area contributed by atoms with Gasteiger partial charge in [0.05, 0.1) is 12.9 Å². The highest BCUT2D eigenvalue weighted by Gasteiger charge is 2.47. The Labute approximate surface area is 218 Å². The van der Waals surface area contributed by atoms with E-state index >= 15 is 0 Å². The van der Waals surface area contributed by atoms with Crippen LogP contribution in [0.1, 0.15) is 11.8 Å². The van der Waals surface area contributed by atoms with Gasteiger partial charge in [-0.25, -0.2) is 18.7 Å². The minimum atomic E-state index is -5.74. The second-order valence-electron chi connectivity index (χ2n) is 8.03. The smallest absolute Gasteiger partial charge is 0.387 e. The predicted molar refractivity (Wildman–Crippen MR) is 129 cm³/mol. The van der Waals surface area contributed by atoms with Crippen LogP contribution in [0.2, 0.25) is 0 Å². The molecule has 2 aromatic heterocycles.